The average molecular weight is 423 g/mol. The molecule has 0 bridgehead atoms. The molecule has 31 heavy (non-hydrogen) atoms. The number of piperazine rings is 1. The van der Waals surface area contributed by atoms with Gasteiger partial charge in [0, 0.05) is 43.1 Å². The second-order valence-corrected chi connectivity index (χ2v) is 8.61. The van der Waals surface area contributed by atoms with E-state index in [0.29, 0.717) is 25.3 Å². The normalized spacial score (nSPS) is 19.1. The summed E-state index contributed by atoms with van der Waals surface area (Å²) in [6, 6.07) is 7.73. The Balaban J connectivity index is 1.45. The van der Waals surface area contributed by atoms with E-state index in [4.69, 9.17) is 9.72 Å². The summed E-state index contributed by atoms with van der Waals surface area (Å²) in [6.45, 7) is 13.3. The van der Waals surface area contributed by atoms with Crippen LogP contribution in [0.25, 0.3) is 0 Å². The zero-order chi connectivity index (χ0) is 22.3. The van der Waals surface area contributed by atoms with E-state index < -0.39 is 0 Å². The quantitative estimate of drug-likeness (QED) is 0.756. The Hall–Kier alpha value is -3.09. The number of hydrogen-bond donors (Lipinski definition) is 0. The number of carbonyl (C=O) groups is 2. The minimum atomic E-state index is -0.336. The van der Waals surface area contributed by atoms with Crippen molar-refractivity contribution in [2.24, 2.45) is 0 Å². The lowest BCUT2D eigenvalue weighted by Crippen LogP contribution is -2.49. The maximum Gasteiger partial charge on any atom is 0.414 e. The summed E-state index contributed by atoms with van der Waals surface area (Å²) in [5.41, 5.74) is 5.73. The second-order valence-electron chi connectivity index (χ2n) is 8.61. The first kappa shape index (κ1) is 21.2. The number of cyclic esters (lactones) is 1. The van der Waals surface area contributed by atoms with Crippen molar-refractivity contribution in [2.45, 2.75) is 40.7 Å². The monoisotopic (exact) mass is 422 g/mol. The van der Waals surface area contributed by atoms with E-state index in [0.717, 1.165) is 35.9 Å². The number of pyridine rings is 1. The zero-order valence-corrected chi connectivity index (χ0v) is 18.9. The Labute approximate surface area is 183 Å². The summed E-state index contributed by atoms with van der Waals surface area (Å²) in [4.78, 5) is 35.8. The Morgan fingerprint density at radius 2 is 1.71 bits per heavy atom. The van der Waals surface area contributed by atoms with Crippen LogP contribution in [-0.4, -0.2) is 60.7 Å². The molecule has 0 aliphatic carbocycles. The highest BCUT2D eigenvalue weighted by Crippen LogP contribution is 2.27. The molecule has 2 saturated heterocycles. The summed E-state index contributed by atoms with van der Waals surface area (Å²) in [5.74, 6) is 1.05. The number of carbonyl (C=O) groups excluding carboxylic acids is 2. The van der Waals surface area contributed by atoms with Gasteiger partial charge in [0.1, 0.15) is 12.4 Å². The third-order valence-electron chi connectivity index (χ3n) is 6.30. The summed E-state index contributed by atoms with van der Waals surface area (Å²) in [5, 5.41) is 0. The number of benzene rings is 1. The van der Waals surface area contributed by atoms with Gasteiger partial charge in [0.05, 0.1) is 6.04 Å². The van der Waals surface area contributed by atoms with Gasteiger partial charge in [-0.1, -0.05) is 6.07 Å². The molecule has 0 saturated carbocycles. The third-order valence-corrected chi connectivity index (χ3v) is 6.30. The fraction of sp³-hybridized carbons (Fsp3) is 0.458. The van der Waals surface area contributed by atoms with E-state index >= 15 is 0 Å². The number of anilines is 2. The minimum Gasteiger partial charge on any atom is -0.447 e. The highest BCUT2D eigenvalue weighted by Gasteiger charge is 2.31. The van der Waals surface area contributed by atoms with Gasteiger partial charge in [0.2, 0.25) is 0 Å². The number of ether oxygens (including phenoxy) is 1. The summed E-state index contributed by atoms with van der Waals surface area (Å²) in [6.07, 6.45) is -0.336. The molecule has 1 atom stereocenters. The van der Waals surface area contributed by atoms with Crippen molar-refractivity contribution in [3.63, 3.8) is 0 Å². The molecule has 0 N–H and O–H groups in total. The molecule has 164 valence electrons. The van der Waals surface area contributed by atoms with Crippen LogP contribution in [-0.2, 0) is 4.74 Å². The Morgan fingerprint density at radius 1 is 1.00 bits per heavy atom. The summed E-state index contributed by atoms with van der Waals surface area (Å²) in [7, 11) is 0. The first-order chi connectivity index (χ1) is 14.8. The van der Waals surface area contributed by atoms with Gasteiger partial charge in [-0.05, 0) is 69.5 Å². The molecule has 2 aliphatic rings. The van der Waals surface area contributed by atoms with Crippen LogP contribution in [0.4, 0.5) is 16.3 Å². The average Bonchev–Trinajstić information content (AvgIpc) is 3.08. The standard InChI is InChI=1S/C24H30N4O3/c1-15-12-17(3)22(25-19(15)5)26-8-10-27(11-9-26)23(29)21-7-6-20(13-16(21)2)28-18(4)14-31-24(28)30/h6-7,12-13,18H,8-11,14H2,1-5H3. The van der Waals surface area contributed by atoms with Crippen LogP contribution in [0.5, 0.6) is 0 Å². The van der Waals surface area contributed by atoms with Crippen molar-refractivity contribution >= 4 is 23.5 Å². The Morgan fingerprint density at radius 3 is 2.32 bits per heavy atom. The molecule has 4 rings (SSSR count). The van der Waals surface area contributed by atoms with Gasteiger partial charge in [0.15, 0.2) is 0 Å². The van der Waals surface area contributed by atoms with E-state index in [1.165, 1.54) is 11.1 Å². The van der Waals surface area contributed by atoms with Crippen LogP contribution in [0.3, 0.4) is 0 Å². The SMILES string of the molecule is Cc1cc(N2C(=O)OCC2C)ccc1C(=O)N1CCN(c2nc(C)c(C)cc2C)CC1. The van der Waals surface area contributed by atoms with E-state index in [2.05, 4.69) is 24.8 Å². The Bertz CT molecular complexity index is 1030. The van der Waals surface area contributed by atoms with Gasteiger partial charge in [-0.3, -0.25) is 9.69 Å². The highest BCUT2D eigenvalue weighted by molar-refractivity contribution is 5.97. The molecular formula is C24H30N4O3. The van der Waals surface area contributed by atoms with Crippen molar-refractivity contribution in [1.29, 1.82) is 0 Å². The number of hydrogen-bond acceptors (Lipinski definition) is 5. The topological polar surface area (TPSA) is 66.0 Å². The molecule has 3 heterocycles. The van der Waals surface area contributed by atoms with Crippen molar-refractivity contribution in [1.82, 2.24) is 9.88 Å². The molecular weight excluding hydrogens is 392 g/mol. The van der Waals surface area contributed by atoms with Gasteiger partial charge >= 0.3 is 6.09 Å². The maximum atomic E-state index is 13.2. The molecule has 7 heteroatoms. The molecule has 2 amide bonds. The van der Waals surface area contributed by atoms with Crippen LogP contribution in [0.2, 0.25) is 0 Å². The van der Waals surface area contributed by atoms with E-state index in [1.54, 1.807) is 4.90 Å². The molecule has 1 aromatic carbocycles. The molecule has 7 nitrogen and oxygen atoms in total. The molecule has 1 aromatic heterocycles. The van der Waals surface area contributed by atoms with Crippen LogP contribution in [0.1, 0.15) is 39.7 Å². The Kier molecular flexibility index (Phi) is 5.60. The predicted molar refractivity (Wildman–Crippen MR) is 121 cm³/mol. The number of aromatic nitrogens is 1. The lowest BCUT2D eigenvalue weighted by atomic mass is 10.0. The van der Waals surface area contributed by atoms with Gasteiger partial charge in [0.25, 0.3) is 5.91 Å². The molecule has 0 spiro atoms. The number of amides is 2. The lowest BCUT2D eigenvalue weighted by Gasteiger charge is -2.36. The lowest BCUT2D eigenvalue weighted by molar-refractivity contribution is 0.0745. The van der Waals surface area contributed by atoms with Gasteiger partial charge in [-0.25, -0.2) is 9.78 Å². The number of rotatable bonds is 3. The predicted octanol–water partition coefficient (Wildman–Crippen LogP) is 3.62. The maximum absolute atomic E-state index is 13.2. The van der Waals surface area contributed by atoms with Gasteiger partial charge < -0.3 is 14.5 Å². The van der Waals surface area contributed by atoms with Crippen molar-refractivity contribution < 1.29 is 14.3 Å². The van der Waals surface area contributed by atoms with Gasteiger partial charge in [-0.2, -0.15) is 0 Å². The van der Waals surface area contributed by atoms with E-state index in [9.17, 15) is 9.59 Å². The van der Waals surface area contributed by atoms with Crippen LogP contribution >= 0.6 is 0 Å². The molecule has 2 aromatic rings. The molecule has 0 radical (unpaired) electrons. The fourth-order valence-electron chi connectivity index (χ4n) is 4.35. The summed E-state index contributed by atoms with van der Waals surface area (Å²) >= 11 is 0. The third kappa shape index (κ3) is 3.96. The number of aryl methyl sites for hydroxylation is 4. The fourth-order valence-corrected chi connectivity index (χ4v) is 4.35. The van der Waals surface area contributed by atoms with Crippen molar-refractivity contribution in [2.75, 3.05) is 42.6 Å². The molecule has 2 aliphatic heterocycles. The second kappa shape index (κ2) is 8.21. The van der Waals surface area contributed by atoms with Crippen molar-refractivity contribution in [3.05, 3.63) is 52.2 Å². The first-order valence-electron chi connectivity index (χ1n) is 10.8. The van der Waals surface area contributed by atoms with Crippen LogP contribution < -0.4 is 9.80 Å². The molecule has 1 unspecified atom stereocenters. The zero-order valence-electron chi connectivity index (χ0n) is 18.9. The largest absolute Gasteiger partial charge is 0.447 e. The van der Waals surface area contributed by atoms with E-state index in [1.807, 2.05) is 43.9 Å². The van der Waals surface area contributed by atoms with E-state index in [-0.39, 0.29) is 18.0 Å². The highest BCUT2D eigenvalue weighted by atomic mass is 16.6. The minimum absolute atomic E-state index is 0.0102. The molecule has 2 fully saturated rings. The van der Waals surface area contributed by atoms with Gasteiger partial charge in [-0.15, -0.1) is 0 Å². The first-order valence-corrected chi connectivity index (χ1v) is 10.8. The summed E-state index contributed by atoms with van der Waals surface area (Å²) < 4.78 is 5.12. The number of nitrogens with zero attached hydrogens (tertiary/aromatic N) is 4. The van der Waals surface area contributed by atoms with Crippen LogP contribution in [0.15, 0.2) is 24.3 Å². The smallest absolute Gasteiger partial charge is 0.414 e. The van der Waals surface area contributed by atoms with Crippen molar-refractivity contribution in [3.8, 4) is 0 Å². The van der Waals surface area contributed by atoms with Crippen LogP contribution in [0, 0.1) is 27.7 Å².